The summed E-state index contributed by atoms with van der Waals surface area (Å²) >= 11 is 6.66. The second-order valence-corrected chi connectivity index (χ2v) is 7.29. The van der Waals surface area contributed by atoms with Crippen molar-refractivity contribution < 1.29 is 14.3 Å². The van der Waals surface area contributed by atoms with E-state index >= 15 is 0 Å². The van der Waals surface area contributed by atoms with Gasteiger partial charge in [-0.1, -0.05) is 60.4 Å². The van der Waals surface area contributed by atoms with Crippen molar-refractivity contribution in [2.24, 2.45) is 0 Å². The molecule has 136 valence electrons. The predicted molar refractivity (Wildman–Crippen MR) is 109 cm³/mol. The summed E-state index contributed by atoms with van der Waals surface area (Å²) in [5.41, 5.74) is 1.81. The molecule has 0 aromatic heterocycles. The maximum Gasteiger partial charge on any atom is 0.266 e. The van der Waals surface area contributed by atoms with Crippen molar-refractivity contribution >= 4 is 40.3 Å². The second kappa shape index (κ2) is 8.71. The minimum Gasteiger partial charge on any atom is -0.493 e. The van der Waals surface area contributed by atoms with E-state index in [4.69, 9.17) is 27.0 Å². The third-order valence-corrected chi connectivity index (χ3v) is 5.21. The zero-order valence-corrected chi connectivity index (χ0v) is 16.2. The summed E-state index contributed by atoms with van der Waals surface area (Å²) in [6, 6.07) is 16.9. The van der Waals surface area contributed by atoms with Gasteiger partial charge in [-0.2, -0.15) is 5.26 Å². The van der Waals surface area contributed by atoms with Crippen molar-refractivity contribution in [2.45, 2.75) is 6.54 Å². The molecule has 1 saturated heterocycles. The first-order chi connectivity index (χ1) is 13.1. The Labute approximate surface area is 167 Å². The molecule has 27 heavy (non-hydrogen) atoms. The second-order valence-electron chi connectivity index (χ2n) is 5.61. The monoisotopic (exact) mass is 396 g/mol. The summed E-state index contributed by atoms with van der Waals surface area (Å²) in [4.78, 5) is 14.9. The van der Waals surface area contributed by atoms with E-state index in [0.29, 0.717) is 27.3 Å². The summed E-state index contributed by atoms with van der Waals surface area (Å²) in [5.74, 6) is 0.865. The Morgan fingerprint density at radius 1 is 1.22 bits per heavy atom. The van der Waals surface area contributed by atoms with Gasteiger partial charge in [0.25, 0.3) is 5.91 Å². The molecule has 0 radical (unpaired) electrons. The summed E-state index contributed by atoms with van der Waals surface area (Å²) in [6.45, 7) is 0.390. The normalized spacial score (nSPS) is 15.1. The van der Waals surface area contributed by atoms with Crippen LogP contribution in [0.5, 0.6) is 11.5 Å². The first-order valence-electron chi connectivity index (χ1n) is 8.09. The number of carbonyl (C=O) groups excluding carboxylic acids is 1. The smallest absolute Gasteiger partial charge is 0.266 e. The van der Waals surface area contributed by atoms with E-state index < -0.39 is 0 Å². The number of methoxy groups -OCH3 is 1. The van der Waals surface area contributed by atoms with Gasteiger partial charge in [0, 0.05) is 0 Å². The van der Waals surface area contributed by atoms with Crippen molar-refractivity contribution in [1.82, 2.24) is 4.90 Å². The quantitative estimate of drug-likeness (QED) is 0.543. The first kappa shape index (κ1) is 19.0. The van der Waals surface area contributed by atoms with E-state index in [1.165, 1.54) is 18.9 Å². The average Bonchev–Trinajstić information content (AvgIpc) is 2.95. The van der Waals surface area contributed by atoms with Crippen LogP contribution in [-0.2, 0) is 11.3 Å². The number of hydrogen-bond acceptors (Lipinski definition) is 6. The highest BCUT2D eigenvalue weighted by Crippen LogP contribution is 2.35. The molecule has 0 spiro atoms. The summed E-state index contributed by atoms with van der Waals surface area (Å²) in [5, 5.41) is 8.64. The van der Waals surface area contributed by atoms with E-state index in [1.807, 2.05) is 36.4 Å². The molecule has 0 atom stereocenters. The van der Waals surface area contributed by atoms with Crippen molar-refractivity contribution in [3.63, 3.8) is 0 Å². The van der Waals surface area contributed by atoms with Crippen molar-refractivity contribution in [3.8, 4) is 17.6 Å². The minimum atomic E-state index is -0.113. The van der Waals surface area contributed by atoms with Crippen LogP contribution in [0.1, 0.15) is 11.1 Å². The van der Waals surface area contributed by atoms with Gasteiger partial charge in [-0.25, -0.2) is 0 Å². The zero-order chi connectivity index (χ0) is 19.2. The number of ether oxygens (including phenoxy) is 2. The SMILES string of the molecule is COc1cc(C=C2SC(=S)N(Cc3ccccc3)C2=O)ccc1OCC#N. The topological polar surface area (TPSA) is 62.6 Å². The molecule has 0 unspecified atom stereocenters. The van der Waals surface area contributed by atoms with Gasteiger partial charge in [0.15, 0.2) is 18.1 Å². The van der Waals surface area contributed by atoms with E-state index in [2.05, 4.69) is 0 Å². The number of hydrogen-bond donors (Lipinski definition) is 0. The maximum atomic E-state index is 12.7. The van der Waals surface area contributed by atoms with E-state index in [1.54, 1.807) is 29.2 Å². The van der Waals surface area contributed by atoms with Crippen LogP contribution in [0.25, 0.3) is 6.08 Å². The fraction of sp³-hybridized carbons (Fsp3) is 0.150. The van der Waals surface area contributed by atoms with E-state index in [0.717, 1.165) is 11.1 Å². The molecule has 0 saturated carbocycles. The van der Waals surface area contributed by atoms with E-state index in [9.17, 15) is 4.79 Å². The first-order valence-corrected chi connectivity index (χ1v) is 9.32. The number of thioether (sulfide) groups is 1. The van der Waals surface area contributed by atoms with Crippen LogP contribution in [0.3, 0.4) is 0 Å². The lowest BCUT2D eigenvalue weighted by Gasteiger charge is -2.14. The molecule has 7 heteroatoms. The summed E-state index contributed by atoms with van der Waals surface area (Å²) < 4.78 is 11.2. The molecule has 1 amide bonds. The number of amides is 1. The third kappa shape index (κ3) is 4.48. The molecule has 2 aromatic carbocycles. The molecule has 1 aliphatic rings. The Bertz CT molecular complexity index is 936. The highest BCUT2D eigenvalue weighted by Gasteiger charge is 2.31. The number of thiocarbonyl (C=S) groups is 1. The van der Waals surface area contributed by atoms with Crippen LogP contribution >= 0.6 is 24.0 Å². The molecule has 5 nitrogen and oxygen atoms in total. The van der Waals surface area contributed by atoms with Gasteiger partial charge < -0.3 is 9.47 Å². The van der Waals surface area contributed by atoms with Crippen molar-refractivity contribution in [2.75, 3.05) is 13.7 Å². The van der Waals surface area contributed by atoms with Crippen LogP contribution < -0.4 is 9.47 Å². The lowest BCUT2D eigenvalue weighted by molar-refractivity contribution is -0.122. The highest BCUT2D eigenvalue weighted by atomic mass is 32.2. The Hall–Kier alpha value is -2.82. The summed E-state index contributed by atoms with van der Waals surface area (Å²) in [6.07, 6.45) is 1.78. The Morgan fingerprint density at radius 2 is 2.00 bits per heavy atom. The molecule has 2 aromatic rings. The third-order valence-electron chi connectivity index (χ3n) is 3.83. The number of carbonyl (C=O) groups is 1. The van der Waals surface area contributed by atoms with Gasteiger partial charge in [0.2, 0.25) is 0 Å². The lowest BCUT2D eigenvalue weighted by atomic mass is 10.1. The van der Waals surface area contributed by atoms with Crippen LogP contribution in [-0.4, -0.2) is 28.8 Å². The molecule has 1 aliphatic heterocycles. The Kier molecular flexibility index (Phi) is 6.12. The molecular weight excluding hydrogens is 380 g/mol. The molecule has 0 N–H and O–H groups in total. The molecular formula is C20H16N2O3S2. The van der Waals surface area contributed by atoms with Gasteiger partial charge in [-0.3, -0.25) is 9.69 Å². The molecule has 0 aliphatic carbocycles. The van der Waals surface area contributed by atoms with Crippen LogP contribution in [0, 0.1) is 11.3 Å². The van der Waals surface area contributed by atoms with Gasteiger partial charge in [-0.05, 0) is 29.3 Å². The fourth-order valence-corrected chi connectivity index (χ4v) is 3.81. The average molecular weight is 396 g/mol. The molecule has 1 fully saturated rings. The summed E-state index contributed by atoms with van der Waals surface area (Å²) in [7, 11) is 1.53. The Balaban J connectivity index is 1.80. The molecule has 3 rings (SSSR count). The molecule has 1 heterocycles. The fourth-order valence-electron chi connectivity index (χ4n) is 2.56. The van der Waals surface area contributed by atoms with Crippen LogP contribution in [0.4, 0.5) is 0 Å². The lowest BCUT2D eigenvalue weighted by Crippen LogP contribution is -2.27. The van der Waals surface area contributed by atoms with Crippen molar-refractivity contribution in [3.05, 3.63) is 64.6 Å². The van der Waals surface area contributed by atoms with Crippen molar-refractivity contribution in [1.29, 1.82) is 5.26 Å². The number of nitrogens with zero attached hydrogens (tertiary/aromatic N) is 2. The van der Waals surface area contributed by atoms with Crippen LogP contribution in [0.15, 0.2) is 53.4 Å². The van der Waals surface area contributed by atoms with Gasteiger partial charge in [-0.15, -0.1) is 0 Å². The van der Waals surface area contributed by atoms with Gasteiger partial charge >= 0.3 is 0 Å². The number of nitriles is 1. The van der Waals surface area contributed by atoms with Gasteiger partial charge in [0.1, 0.15) is 10.4 Å². The van der Waals surface area contributed by atoms with Gasteiger partial charge in [0.05, 0.1) is 18.6 Å². The zero-order valence-electron chi connectivity index (χ0n) is 14.5. The largest absolute Gasteiger partial charge is 0.493 e. The standard InChI is InChI=1S/C20H16N2O3S2/c1-24-17-11-15(7-8-16(17)25-10-9-21)12-18-19(23)22(20(26)27-18)13-14-5-3-2-4-6-14/h2-8,11-12H,10,13H2,1H3. The highest BCUT2D eigenvalue weighted by molar-refractivity contribution is 8.26. The maximum absolute atomic E-state index is 12.7. The van der Waals surface area contributed by atoms with Crippen LogP contribution in [0.2, 0.25) is 0 Å². The number of benzene rings is 2. The Morgan fingerprint density at radius 3 is 2.70 bits per heavy atom. The minimum absolute atomic E-state index is 0.0617. The van der Waals surface area contributed by atoms with E-state index in [-0.39, 0.29) is 12.5 Å². The molecule has 0 bridgehead atoms. The number of rotatable bonds is 6. The predicted octanol–water partition coefficient (Wildman–Crippen LogP) is 4.00.